The van der Waals surface area contributed by atoms with E-state index in [-0.39, 0.29) is 42.5 Å². The number of rotatable bonds is 10. The molecule has 0 saturated carbocycles. The minimum atomic E-state index is -9.96. The minimum Gasteiger partial charge on any atom is -0.380 e. The second kappa shape index (κ2) is 10.1. The summed E-state index contributed by atoms with van der Waals surface area (Å²) in [5.74, 6) is -1.32. The van der Waals surface area contributed by atoms with Gasteiger partial charge in [-0.1, -0.05) is 25.5 Å². The Labute approximate surface area is 217 Å². The average Bonchev–Trinajstić information content (AvgIpc) is 3.34. The topological polar surface area (TPSA) is 92.8 Å². The van der Waals surface area contributed by atoms with Crippen molar-refractivity contribution >= 4 is 27.7 Å². The first-order valence-corrected chi connectivity index (χ1v) is 13.6. The molecule has 2 amide bonds. The number of carbonyl (C=O) groups excluding carboxylic acids is 2. The van der Waals surface area contributed by atoms with Gasteiger partial charge in [0.25, 0.3) is 0 Å². The van der Waals surface area contributed by atoms with E-state index >= 15 is 0 Å². The Morgan fingerprint density at radius 2 is 1.82 bits per heavy atom. The highest BCUT2D eigenvalue weighted by Gasteiger charge is 2.65. The van der Waals surface area contributed by atoms with Crippen molar-refractivity contribution < 1.29 is 38.5 Å². The molecule has 0 radical (unpaired) electrons. The first-order valence-electron chi connectivity index (χ1n) is 11.6. The summed E-state index contributed by atoms with van der Waals surface area (Å²) in [5, 5.41) is 5.70. The van der Waals surface area contributed by atoms with Crippen LogP contribution in [0.2, 0.25) is 0 Å². The lowest BCUT2D eigenvalue weighted by atomic mass is 10.0. The molecule has 3 atom stereocenters. The molecule has 1 fully saturated rings. The third-order valence-electron chi connectivity index (χ3n) is 6.27. The summed E-state index contributed by atoms with van der Waals surface area (Å²) in [5.41, 5.74) is -0.698. The molecular weight excluding hydrogens is 535 g/mol. The van der Waals surface area contributed by atoms with Crippen LogP contribution < -0.4 is 15.5 Å². The van der Waals surface area contributed by atoms with Gasteiger partial charge in [0.1, 0.15) is 10.9 Å². The number of amides is 2. The Bertz CT molecular complexity index is 1150. The lowest BCUT2D eigenvalue weighted by Gasteiger charge is -2.41. The number of halogens is 5. The van der Waals surface area contributed by atoms with E-state index in [1.54, 1.807) is 13.8 Å². The van der Waals surface area contributed by atoms with Crippen LogP contribution in [0.1, 0.15) is 31.9 Å². The fourth-order valence-corrected chi connectivity index (χ4v) is 4.58. The fraction of sp³-hybridized carbons (Fsp3) is 0.458. The molecule has 1 saturated heterocycles. The number of anilines is 1. The summed E-state index contributed by atoms with van der Waals surface area (Å²) >= 11 is 0. The largest absolute Gasteiger partial charge is 0.380 e. The van der Waals surface area contributed by atoms with E-state index in [9.17, 15) is 29.0 Å². The maximum absolute atomic E-state index is 13.8. The van der Waals surface area contributed by atoms with Gasteiger partial charge in [-0.3, -0.25) is 19.5 Å². The Morgan fingerprint density at radius 3 is 2.32 bits per heavy atom. The molecule has 3 rings (SSSR count). The van der Waals surface area contributed by atoms with Gasteiger partial charge in [0.15, 0.2) is 0 Å². The number of nitrogens with one attached hydrogen (secondary N) is 2. The normalized spacial score (nSPS) is 20.8. The van der Waals surface area contributed by atoms with Crippen molar-refractivity contribution in [1.29, 1.82) is 0 Å². The Hall–Kier alpha value is -2.81. The number of methoxy groups -OCH3 is 2. The lowest BCUT2D eigenvalue weighted by molar-refractivity contribution is -0.128. The predicted molar refractivity (Wildman–Crippen MR) is 134 cm³/mol. The van der Waals surface area contributed by atoms with Crippen molar-refractivity contribution in [3.63, 3.8) is 0 Å². The van der Waals surface area contributed by atoms with Crippen LogP contribution in [-0.2, 0) is 19.1 Å². The number of pyridine rings is 1. The first kappa shape index (κ1) is 29.7. The van der Waals surface area contributed by atoms with Crippen molar-refractivity contribution in [2.24, 2.45) is 0 Å². The number of hydrogen-bond donors (Lipinski definition) is 2. The van der Waals surface area contributed by atoms with Crippen LogP contribution in [0.5, 0.6) is 0 Å². The molecule has 0 bridgehead atoms. The summed E-state index contributed by atoms with van der Waals surface area (Å²) < 4.78 is 77.5. The first-order chi connectivity index (χ1) is 17.5. The van der Waals surface area contributed by atoms with Gasteiger partial charge in [-0.05, 0) is 50.6 Å². The Kier molecular flexibility index (Phi) is 7.87. The summed E-state index contributed by atoms with van der Waals surface area (Å²) in [6.45, 7) is 3.82. The zero-order valence-electron chi connectivity index (χ0n) is 21.3. The third kappa shape index (κ3) is 7.18. The second-order valence-corrected chi connectivity index (χ2v) is 12.0. The standard InChI is InChI=1S/C24H31F5N4O4S/c1-24(2,37-4)15-32-22(34)21(16-6-5-11-30-13-16)33(23(35)20-12-18(36-3)14-31-20)17-7-9-19(10-8-17)38(25,26,27,28)29/h5-11,13,18,20-21,31H,12,14-15H2,1-4H3,(H,32,34)/t18-,20-,21?/m1/s1. The van der Waals surface area contributed by atoms with Crippen molar-refractivity contribution in [2.75, 3.05) is 32.2 Å². The summed E-state index contributed by atoms with van der Waals surface area (Å²) in [4.78, 5) is 30.3. The van der Waals surface area contributed by atoms with Gasteiger partial charge in [-0.25, -0.2) is 0 Å². The maximum Gasteiger partial charge on any atom is 0.310 e. The van der Waals surface area contributed by atoms with Gasteiger partial charge in [0, 0.05) is 51.0 Å². The highest BCUT2D eigenvalue weighted by atomic mass is 32.5. The van der Waals surface area contributed by atoms with E-state index in [0.717, 1.165) is 17.0 Å². The van der Waals surface area contributed by atoms with Gasteiger partial charge in [0.2, 0.25) is 11.8 Å². The van der Waals surface area contributed by atoms with Gasteiger partial charge in [-0.15, -0.1) is 0 Å². The number of ether oxygens (including phenoxy) is 2. The van der Waals surface area contributed by atoms with Crippen LogP contribution in [0.4, 0.5) is 25.1 Å². The third-order valence-corrected chi connectivity index (χ3v) is 7.43. The predicted octanol–water partition coefficient (Wildman–Crippen LogP) is 4.73. The molecule has 1 unspecified atom stereocenters. The molecule has 1 aliphatic rings. The quantitative estimate of drug-likeness (QED) is 0.404. The van der Waals surface area contributed by atoms with E-state index < -0.39 is 44.6 Å². The fourth-order valence-electron chi connectivity index (χ4n) is 3.93. The van der Waals surface area contributed by atoms with Gasteiger partial charge >= 0.3 is 10.2 Å². The second-order valence-electron chi connectivity index (χ2n) is 9.60. The van der Waals surface area contributed by atoms with Crippen LogP contribution in [-0.4, -0.2) is 61.9 Å². The smallest absolute Gasteiger partial charge is 0.310 e. The van der Waals surface area contributed by atoms with Gasteiger partial charge < -0.3 is 20.1 Å². The molecule has 2 heterocycles. The zero-order valence-corrected chi connectivity index (χ0v) is 22.1. The molecule has 38 heavy (non-hydrogen) atoms. The van der Waals surface area contributed by atoms with Crippen LogP contribution in [0.25, 0.3) is 0 Å². The molecule has 212 valence electrons. The average molecular weight is 567 g/mol. The van der Waals surface area contributed by atoms with E-state index in [1.165, 1.54) is 38.7 Å². The molecule has 1 aromatic carbocycles. The number of aromatic nitrogens is 1. The van der Waals surface area contributed by atoms with Crippen LogP contribution in [0.15, 0.2) is 53.7 Å². The number of nitrogens with zero attached hydrogens (tertiary/aromatic N) is 2. The number of carbonyl (C=O) groups is 2. The molecule has 14 heteroatoms. The highest BCUT2D eigenvalue weighted by molar-refractivity contribution is 8.45. The molecule has 1 aliphatic heterocycles. The molecule has 2 aromatic rings. The maximum atomic E-state index is 13.8. The molecular formula is C24H31F5N4O4S. The molecule has 0 spiro atoms. The van der Waals surface area contributed by atoms with Crippen molar-refractivity contribution in [2.45, 2.75) is 49.0 Å². The van der Waals surface area contributed by atoms with Gasteiger partial charge in [-0.2, -0.15) is 0 Å². The Morgan fingerprint density at radius 1 is 1.16 bits per heavy atom. The SMILES string of the molecule is CO[C@H]1CN[C@@H](C(=O)N(c2ccc(S(F)(F)(F)(F)F)cc2)C(C(=O)NCC(C)(C)OC)c2cccnc2)C1. The highest BCUT2D eigenvalue weighted by Crippen LogP contribution is 3.02. The molecule has 1 aromatic heterocycles. The number of hydrogen-bond acceptors (Lipinski definition) is 6. The van der Waals surface area contributed by atoms with E-state index in [2.05, 4.69) is 15.6 Å². The van der Waals surface area contributed by atoms with E-state index in [4.69, 9.17) is 9.47 Å². The molecule has 0 aliphatic carbocycles. The summed E-state index contributed by atoms with van der Waals surface area (Å²) in [7, 11) is -7.04. The van der Waals surface area contributed by atoms with E-state index in [0.29, 0.717) is 6.54 Å². The van der Waals surface area contributed by atoms with Crippen LogP contribution >= 0.6 is 10.2 Å². The molecule has 2 N–H and O–H groups in total. The number of benzene rings is 1. The Balaban J connectivity index is 2.11. The van der Waals surface area contributed by atoms with Crippen molar-refractivity contribution in [3.8, 4) is 0 Å². The van der Waals surface area contributed by atoms with E-state index in [1.807, 2.05) is 0 Å². The molecule has 8 nitrogen and oxygen atoms in total. The lowest BCUT2D eigenvalue weighted by Crippen LogP contribution is -2.51. The minimum absolute atomic E-state index is 0.0394. The van der Waals surface area contributed by atoms with Crippen molar-refractivity contribution in [3.05, 3.63) is 54.4 Å². The monoisotopic (exact) mass is 566 g/mol. The van der Waals surface area contributed by atoms with Crippen LogP contribution in [0, 0.1) is 0 Å². The van der Waals surface area contributed by atoms with Gasteiger partial charge in [0.05, 0.1) is 17.7 Å². The summed E-state index contributed by atoms with van der Waals surface area (Å²) in [6, 6.07) is 2.75. The van der Waals surface area contributed by atoms with Crippen LogP contribution in [0.3, 0.4) is 0 Å². The zero-order chi connectivity index (χ0) is 28.4. The summed E-state index contributed by atoms with van der Waals surface area (Å²) in [6.07, 6.45) is 2.71. The van der Waals surface area contributed by atoms with Crippen molar-refractivity contribution in [1.82, 2.24) is 15.6 Å².